The summed E-state index contributed by atoms with van der Waals surface area (Å²) in [7, 11) is 48.4. The van der Waals surface area contributed by atoms with Gasteiger partial charge in [0, 0.05) is 10.8 Å². The fraction of sp³-hybridized carbons (Fsp3) is 0.220. The first-order valence-electron chi connectivity index (χ1n) is 23.7. The van der Waals surface area contributed by atoms with E-state index in [9.17, 15) is 0 Å². The average molecular weight is 824 g/mol. The molecule has 4 fully saturated rings. The molecule has 4 saturated carbocycles. The van der Waals surface area contributed by atoms with Crippen LogP contribution in [0.4, 0.5) is 0 Å². The molecule has 0 amide bonds. The van der Waals surface area contributed by atoms with Crippen LogP contribution in [0.5, 0.6) is 0 Å². The number of fused-ring (bicyclic) bond motifs is 13. The molecule has 15 rings (SSSR count). The number of rotatable bonds is 2. The van der Waals surface area contributed by atoms with Crippen molar-refractivity contribution in [3.63, 3.8) is 0 Å². The number of hydrogen-bond donors (Lipinski definition) is 0. The molecule has 0 N–H and O–H groups in total. The summed E-state index contributed by atoms with van der Waals surface area (Å²) in [5.74, 6) is 2.28. The smallest absolute Gasteiger partial charge is 0.110 e. The van der Waals surface area contributed by atoms with Gasteiger partial charge in [0.15, 0.2) is 0 Å². The monoisotopic (exact) mass is 824 g/mol. The third-order valence-corrected chi connectivity index (χ3v) is 17.8. The zero-order valence-corrected chi connectivity index (χ0v) is 37.4. The summed E-state index contributed by atoms with van der Waals surface area (Å²) in [4.78, 5) is 0. The minimum absolute atomic E-state index is 0.0657. The van der Waals surface area contributed by atoms with Crippen LogP contribution >= 0.6 is 0 Å². The van der Waals surface area contributed by atoms with Crippen LogP contribution in [-0.2, 0) is 10.8 Å². The Balaban J connectivity index is 1.08. The molecule has 0 aliphatic heterocycles. The average Bonchev–Trinajstić information content (AvgIpc) is 3.74. The fourth-order valence-electron chi connectivity index (χ4n) is 15.3. The minimum atomic E-state index is -0.326. The van der Waals surface area contributed by atoms with E-state index in [0.717, 1.165) is 33.6 Å². The van der Waals surface area contributed by atoms with Crippen LogP contribution in [0.25, 0.3) is 87.6 Å². The van der Waals surface area contributed by atoms with Gasteiger partial charge in [-0.15, -0.1) is 21.9 Å². The van der Waals surface area contributed by atoms with E-state index >= 15 is 0 Å². The largest absolute Gasteiger partial charge is 0.113 e. The van der Waals surface area contributed by atoms with E-state index < -0.39 is 0 Å². The van der Waals surface area contributed by atoms with Gasteiger partial charge < -0.3 is 0 Å². The Kier molecular flexibility index (Phi) is 8.01. The molecule has 9 aromatic carbocycles. The van der Waals surface area contributed by atoms with Crippen LogP contribution in [0, 0.1) is 23.7 Å². The van der Waals surface area contributed by atoms with Gasteiger partial charge in [-0.1, -0.05) is 133 Å². The summed E-state index contributed by atoms with van der Waals surface area (Å²) < 4.78 is 0. The molecule has 14 radical (unpaired) electrons. The highest BCUT2D eigenvalue weighted by molar-refractivity contribution is 6.69. The van der Waals surface area contributed by atoms with Crippen molar-refractivity contribution in [1.82, 2.24) is 0 Å². The van der Waals surface area contributed by atoms with Gasteiger partial charge >= 0.3 is 0 Å². The first kappa shape index (κ1) is 39.6. The SMILES string of the molecule is [B]c1cc2c3c(c4c([B])c([B])c([B])c([B])c4c2c([B])c1[B])-c1ccc(-c2c4ccccc4c(-c4ccc5c(c4)-c4ccccc4C5(C)C)c4ccccc24)cc1C31C2CC3CC(C2)CC1C3. The summed E-state index contributed by atoms with van der Waals surface area (Å²) >= 11 is 0. The van der Waals surface area contributed by atoms with E-state index in [4.69, 9.17) is 54.9 Å². The molecule has 6 aliphatic carbocycles. The molecule has 4 bridgehead atoms. The summed E-state index contributed by atoms with van der Waals surface area (Å²) in [5, 5.41) is 8.19. The molecule has 9 aromatic rings. The zero-order chi connectivity index (χ0) is 44.9. The molecule has 0 aromatic heterocycles. The van der Waals surface area contributed by atoms with Crippen LogP contribution in [0.15, 0.2) is 115 Å². The summed E-state index contributed by atoms with van der Waals surface area (Å²) in [6, 6.07) is 43.4. The maximum absolute atomic E-state index is 7.21. The van der Waals surface area contributed by atoms with E-state index in [0.29, 0.717) is 50.0 Å². The van der Waals surface area contributed by atoms with Crippen LogP contribution < -0.4 is 38.2 Å². The molecular weight excluding hydrogens is 784 g/mol. The molecule has 296 valence electrons. The second kappa shape index (κ2) is 13.3. The molecule has 66 heavy (non-hydrogen) atoms. The summed E-state index contributed by atoms with van der Waals surface area (Å²) in [6.07, 6.45) is 6.05. The molecule has 0 unspecified atom stereocenters. The van der Waals surface area contributed by atoms with Gasteiger partial charge in [-0.05, 0) is 178 Å². The lowest BCUT2D eigenvalue weighted by Gasteiger charge is -2.61. The van der Waals surface area contributed by atoms with E-state index in [1.165, 1.54) is 115 Å². The van der Waals surface area contributed by atoms with E-state index in [2.05, 4.69) is 129 Å². The number of benzene rings is 9. The molecule has 6 aliphatic rings. The van der Waals surface area contributed by atoms with Crippen molar-refractivity contribution < 1.29 is 0 Å². The maximum Gasteiger partial charge on any atom is 0.113 e. The zero-order valence-electron chi connectivity index (χ0n) is 37.4. The molecule has 1 spiro atoms. The van der Waals surface area contributed by atoms with Crippen LogP contribution in [0.1, 0.15) is 68.2 Å². The fourth-order valence-corrected chi connectivity index (χ4v) is 15.3. The first-order chi connectivity index (χ1) is 31.9. The van der Waals surface area contributed by atoms with Crippen LogP contribution in [0.2, 0.25) is 0 Å². The van der Waals surface area contributed by atoms with Crippen molar-refractivity contribution in [2.45, 2.75) is 56.8 Å². The predicted octanol–water partition coefficient (Wildman–Crippen LogP) is 7.22. The lowest BCUT2D eigenvalue weighted by atomic mass is 9.42. The third kappa shape index (κ3) is 4.76. The molecular formula is C59H39B7. The highest BCUT2D eigenvalue weighted by atomic mass is 14.7. The summed E-state index contributed by atoms with van der Waals surface area (Å²) in [6.45, 7) is 4.70. The maximum atomic E-state index is 7.21. The minimum Gasteiger partial charge on any atom is -0.110 e. The molecule has 0 nitrogen and oxygen atoms in total. The van der Waals surface area contributed by atoms with Crippen molar-refractivity contribution in [1.29, 1.82) is 0 Å². The van der Waals surface area contributed by atoms with Crippen molar-refractivity contribution in [3.8, 4) is 44.5 Å². The van der Waals surface area contributed by atoms with Crippen molar-refractivity contribution in [3.05, 3.63) is 138 Å². The molecule has 7 heteroatoms. The van der Waals surface area contributed by atoms with Gasteiger partial charge in [-0.25, -0.2) is 0 Å². The first-order valence-corrected chi connectivity index (χ1v) is 23.7. The topological polar surface area (TPSA) is 0 Å². The second-order valence-corrected chi connectivity index (χ2v) is 21.1. The third-order valence-electron chi connectivity index (χ3n) is 17.8. The van der Waals surface area contributed by atoms with Crippen LogP contribution in [0.3, 0.4) is 0 Å². The van der Waals surface area contributed by atoms with Gasteiger partial charge in [0.25, 0.3) is 0 Å². The Morgan fingerprint density at radius 2 is 0.909 bits per heavy atom. The normalized spacial score (nSPS) is 22.7. The highest BCUT2D eigenvalue weighted by Crippen LogP contribution is 2.71. The Morgan fingerprint density at radius 3 is 1.53 bits per heavy atom. The van der Waals surface area contributed by atoms with Gasteiger partial charge in [0.1, 0.15) is 54.9 Å². The molecule has 0 heterocycles. The van der Waals surface area contributed by atoms with E-state index in [1.807, 2.05) is 0 Å². The quantitative estimate of drug-likeness (QED) is 0.0983. The van der Waals surface area contributed by atoms with Crippen molar-refractivity contribution in [2.75, 3.05) is 0 Å². The van der Waals surface area contributed by atoms with Gasteiger partial charge in [0.2, 0.25) is 0 Å². The molecule has 0 saturated heterocycles. The Bertz CT molecular complexity index is 3640. The lowest BCUT2D eigenvalue weighted by Crippen LogP contribution is -2.55. The predicted molar refractivity (Wildman–Crippen MR) is 286 cm³/mol. The van der Waals surface area contributed by atoms with Crippen molar-refractivity contribution in [2.24, 2.45) is 23.7 Å². The van der Waals surface area contributed by atoms with Crippen LogP contribution in [-0.4, -0.2) is 54.9 Å². The highest BCUT2D eigenvalue weighted by Gasteiger charge is 2.62. The number of hydrogen-bond acceptors (Lipinski definition) is 0. The van der Waals surface area contributed by atoms with Gasteiger partial charge in [0.05, 0.1) is 0 Å². The van der Waals surface area contributed by atoms with Gasteiger partial charge in [-0.2, -0.15) is 0 Å². The molecule has 0 atom stereocenters. The Hall–Kier alpha value is -5.53. The lowest BCUT2D eigenvalue weighted by molar-refractivity contribution is -0.0393. The van der Waals surface area contributed by atoms with E-state index in [-0.39, 0.29) is 16.3 Å². The van der Waals surface area contributed by atoms with E-state index in [1.54, 1.807) is 0 Å². The standard InChI is InChI=1S/C59H39B7/c1-58(2)41-14-8-7-9-33(41)39-24-29(16-18-42(39)58)45-34-10-3-5-12-36(34)46(37-13-6-4-11-35(37)45)30-15-17-38-43(25-30)59(31-20-27-19-28(22-31)23-32(59)21-27)51-40-26-44(60)52(61)53(62)48(40)50-49(47(38)51)54(63)56(65)57(66)55(50)64/h3-18,24-28,31-32H,19-23H2,1-2H3. The van der Waals surface area contributed by atoms with Gasteiger partial charge in [-0.3, -0.25) is 0 Å². The Labute approximate surface area is 396 Å². The Morgan fingerprint density at radius 1 is 0.394 bits per heavy atom. The summed E-state index contributed by atoms with van der Waals surface area (Å²) in [5.41, 5.74) is 17.3. The second-order valence-electron chi connectivity index (χ2n) is 21.1. The van der Waals surface area contributed by atoms with Crippen molar-refractivity contribution >= 4 is 136 Å².